The molecule has 2 rings (SSSR count). The van der Waals surface area contributed by atoms with E-state index in [2.05, 4.69) is 31.9 Å². The van der Waals surface area contributed by atoms with Crippen LogP contribution < -0.4 is 4.74 Å². The van der Waals surface area contributed by atoms with E-state index in [9.17, 15) is 14.4 Å². The Morgan fingerprint density at radius 3 is 2.31 bits per heavy atom. The quantitative estimate of drug-likeness (QED) is 0.449. The highest BCUT2D eigenvalue weighted by atomic mass is 79.9. The number of hydrogen-bond donors (Lipinski definition) is 0. The molecule has 0 atom stereocenters. The largest absolute Gasteiger partial charge is 0.487 e. The molecule has 134 valence electrons. The van der Waals surface area contributed by atoms with E-state index >= 15 is 0 Å². The Morgan fingerprint density at radius 1 is 1.23 bits per heavy atom. The van der Waals surface area contributed by atoms with Crippen LogP contribution in [0.2, 0.25) is 0 Å². The summed E-state index contributed by atoms with van der Waals surface area (Å²) in [6.45, 7) is 0.273. The van der Waals surface area contributed by atoms with Crippen LogP contribution in [0.5, 0.6) is 5.75 Å². The Labute approximate surface area is 168 Å². The normalized spacial score (nSPS) is 11.0. The van der Waals surface area contributed by atoms with Gasteiger partial charge in [-0.2, -0.15) is 5.26 Å². The van der Waals surface area contributed by atoms with E-state index in [-0.39, 0.29) is 23.9 Å². The second kappa shape index (κ2) is 8.97. The number of likely N-dealkylation sites (N-methyl/N-ethyl adjacent to an activating group) is 1. The maximum atomic E-state index is 13.0. The van der Waals surface area contributed by atoms with Crippen molar-refractivity contribution in [2.45, 2.75) is 6.61 Å². The van der Waals surface area contributed by atoms with Crippen molar-refractivity contribution in [2.75, 3.05) is 14.1 Å². The van der Waals surface area contributed by atoms with Crippen molar-refractivity contribution in [2.24, 2.45) is 0 Å². The third kappa shape index (κ3) is 5.16. The molecule has 4 nitrogen and oxygen atoms in total. The molecule has 0 aliphatic rings. The van der Waals surface area contributed by atoms with Gasteiger partial charge < -0.3 is 9.64 Å². The van der Waals surface area contributed by atoms with Crippen molar-refractivity contribution in [1.29, 1.82) is 5.26 Å². The van der Waals surface area contributed by atoms with Crippen LogP contribution in [-0.4, -0.2) is 24.9 Å². The average molecular weight is 482 g/mol. The van der Waals surface area contributed by atoms with Gasteiger partial charge in [0.2, 0.25) is 0 Å². The number of nitrogens with zero attached hydrogens (tertiary/aromatic N) is 2. The third-order valence-electron chi connectivity index (χ3n) is 3.39. The Balaban J connectivity index is 2.23. The van der Waals surface area contributed by atoms with Crippen LogP contribution in [0.15, 0.2) is 50.9 Å². The predicted molar refractivity (Wildman–Crippen MR) is 105 cm³/mol. The van der Waals surface area contributed by atoms with Crippen LogP contribution in [0.3, 0.4) is 0 Å². The van der Waals surface area contributed by atoms with Crippen molar-refractivity contribution in [3.05, 3.63) is 67.9 Å². The minimum absolute atomic E-state index is 0.0359. The van der Waals surface area contributed by atoms with Crippen LogP contribution in [0, 0.1) is 17.1 Å². The van der Waals surface area contributed by atoms with Gasteiger partial charge in [-0.05, 0) is 73.3 Å². The molecule has 0 aromatic heterocycles. The number of hydrogen-bond acceptors (Lipinski definition) is 3. The SMILES string of the molecule is CN(C)C(=O)/C(C#N)=C\c1cc(Br)c(OCc2ccc(F)cc2)c(Br)c1. The fourth-order valence-electron chi connectivity index (χ4n) is 2.09. The standard InChI is InChI=1S/C19H15Br2FN2O2/c1-24(2)19(25)14(10-23)7-13-8-16(20)18(17(21)9-13)26-11-12-3-5-15(22)6-4-12/h3-9H,11H2,1-2H3/b14-7-. The first-order chi connectivity index (χ1) is 12.3. The lowest BCUT2D eigenvalue weighted by Gasteiger charge is -2.12. The number of halogens is 3. The van der Waals surface area contributed by atoms with Crippen molar-refractivity contribution in [1.82, 2.24) is 4.90 Å². The number of ether oxygens (including phenoxy) is 1. The number of rotatable bonds is 5. The second-order valence-electron chi connectivity index (χ2n) is 5.60. The summed E-state index contributed by atoms with van der Waals surface area (Å²) in [5.41, 5.74) is 1.54. The molecule has 26 heavy (non-hydrogen) atoms. The van der Waals surface area contributed by atoms with Crippen LogP contribution in [0.25, 0.3) is 6.08 Å². The van der Waals surface area contributed by atoms with Gasteiger partial charge in [0.05, 0.1) is 8.95 Å². The van der Waals surface area contributed by atoms with E-state index in [1.54, 1.807) is 38.4 Å². The molecule has 7 heteroatoms. The van der Waals surface area contributed by atoms with E-state index in [0.29, 0.717) is 20.3 Å². The minimum atomic E-state index is -0.364. The lowest BCUT2D eigenvalue weighted by molar-refractivity contribution is -0.124. The van der Waals surface area contributed by atoms with Gasteiger partial charge in [-0.1, -0.05) is 12.1 Å². The highest BCUT2D eigenvalue weighted by molar-refractivity contribution is 9.11. The molecule has 0 unspecified atom stereocenters. The average Bonchev–Trinajstić information content (AvgIpc) is 2.59. The molecule has 0 bridgehead atoms. The van der Waals surface area contributed by atoms with Gasteiger partial charge in [0, 0.05) is 14.1 Å². The molecular weight excluding hydrogens is 467 g/mol. The van der Waals surface area contributed by atoms with Crippen molar-refractivity contribution < 1.29 is 13.9 Å². The van der Waals surface area contributed by atoms with E-state index in [0.717, 1.165) is 5.56 Å². The summed E-state index contributed by atoms with van der Waals surface area (Å²) in [6.07, 6.45) is 1.52. The van der Waals surface area contributed by atoms with Crippen LogP contribution in [0.1, 0.15) is 11.1 Å². The van der Waals surface area contributed by atoms with Gasteiger partial charge in [0.25, 0.3) is 5.91 Å². The first-order valence-electron chi connectivity index (χ1n) is 7.51. The molecule has 0 aliphatic heterocycles. The summed E-state index contributed by atoms with van der Waals surface area (Å²) >= 11 is 6.88. The Morgan fingerprint density at radius 2 is 1.81 bits per heavy atom. The molecule has 0 saturated heterocycles. The second-order valence-corrected chi connectivity index (χ2v) is 7.31. The highest BCUT2D eigenvalue weighted by Gasteiger charge is 2.13. The fraction of sp³-hybridized carbons (Fsp3) is 0.158. The lowest BCUT2D eigenvalue weighted by Crippen LogP contribution is -2.22. The monoisotopic (exact) mass is 480 g/mol. The van der Waals surface area contributed by atoms with E-state index in [1.165, 1.54) is 23.1 Å². The van der Waals surface area contributed by atoms with Crippen molar-refractivity contribution >= 4 is 43.8 Å². The first kappa shape index (κ1) is 20.1. The summed E-state index contributed by atoms with van der Waals surface area (Å²) in [4.78, 5) is 13.3. The number of nitriles is 1. The fourth-order valence-corrected chi connectivity index (χ4v) is 3.54. The summed E-state index contributed by atoms with van der Waals surface area (Å²) in [5, 5.41) is 9.19. The van der Waals surface area contributed by atoms with Crippen molar-refractivity contribution in [3.63, 3.8) is 0 Å². The summed E-state index contributed by atoms with van der Waals surface area (Å²) in [6, 6.07) is 11.5. The maximum Gasteiger partial charge on any atom is 0.264 e. The Bertz CT molecular complexity index is 864. The Hall–Kier alpha value is -2.17. The molecular formula is C19H15Br2FN2O2. The first-order valence-corrected chi connectivity index (χ1v) is 9.10. The molecule has 0 radical (unpaired) electrons. The molecule has 1 amide bonds. The van der Waals surface area contributed by atoms with E-state index < -0.39 is 0 Å². The van der Waals surface area contributed by atoms with Gasteiger partial charge in [-0.3, -0.25) is 4.79 Å². The predicted octanol–water partition coefficient (Wildman–Crippen LogP) is 4.92. The highest BCUT2D eigenvalue weighted by Crippen LogP contribution is 2.36. The summed E-state index contributed by atoms with van der Waals surface area (Å²) < 4.78 is 20.1. The zero-order valence-corrected chi connectivity index (χ0v) is 17.3. The topological polar surface area (TPSA) is 53.3 Å². The number of carbonyl (C=O) groups excluding carboxylic acids is 1. The smallest absolute Gasteiger partial charge is 0.264 e. The number of amides is 1. The minimum Gasteiger partial charge on any atom is -0.487 e. The van der Waals surface area contributed by atoms with Gasteiger partial charge in [-0.15, -0.1) is 0 Å². The lowest BCUT2D eigenvalue weighted by atomic mass is 10.1. The number of carbonyl (C=O) groups is 1. The van der Waals surface area contributed by atoms with E-state index in [1.807, 2.05) is 6.07 Å². The molecule has 0 N–H and O–H groups in total. The van der Waals surface area contributed by atoms with Crippen LogP contribution in [0.4, 0.5) is 4.39 Å². The Kier molecular flexibility index (Phi) is 6.95. The zero-order chi connectivity index (χ0) is 19.3. The van der Waals surface area contributed by atoms with Gasteiger partial charge in [0.1, 0.15) is 29.8 Å². The maximum absolute atomic E-state index is 13.0. The summed E-state index contributed by atoms with van der Waals surface area (Å²) in [5.74, 6) is -0.0897. The van der Waals surface area contributed by atoms with Gasteiger partial charge in [0.15, 0.2) is 0 Å². The molecule has 2 aromatic carbocycles. The molecule has 0 spiro atoms. The van der Waals surface area contributed by atoms with Crippen LogP contribution >= 0.6 is 31.9 Å². The molecule has 2 aromatic rings. The molecule has 0 aliphatic carbocycles. The zero-order valence-electron chi connectivity index (χ0n) is 14.1. The van der Waals surface area contributed by atoms with Crippen LogP contribution in [-0.2, 0) is 11.4 Å². The van der Waals surface area contributed by atoms with Gasteiger partial charge in [-0.25, -0.2) is 4.39 Å². The molecule has 0 heterocycles. The molecule has 0 fully saturated rings. The number of benzene rings is 2. The van der Waals surface area contributed by atoms with Gasteiger partial charge >= 0.3 is 0 Å². The summed E-state index contributed by atoms with van der Waals surface area (Å²) in [7, 11) is 3.18. The molecule has 0 saturated carbocycles. The van der Waals surface area contributed by atoms with Crippen molar-refractivity contribution in [3.8, 4) is 11.8 Å². The third-order valence-corrected chi connectivity index (χ3v) is 4.56. The van der Waals surface area contributed by atoms with E-state index in [4.69, 9.17) is 4.74 Å².